The van der Waals surface area contributed by atoms with E-state index in [2.05, 4.69) is 31.4 Å². The summed E-state index contributed by atoms with van der Waals surface area (Å²) in [5.41, 5.74) is 2.15. The van der Waals surface area contributed by atoms with Gasteiger partial charge in [-0.3, -0.25) is 9.59 Å². The van der Waals surface area contributed by atoms with Crippen LogP contribution in [0.2, 0.25) is 0 Å². The Bertz CT molecular complexity index is 790. The number of amides is 2. The van der Waals surface area contributed by atoms with Crippen molar-refractivity contribution in [3.05, 3.63) is 59.7 Å². The van der Waals surface area contributed by atoms with Crippen LogP contribution in [0.5, 0.6) is 5.75 Å². The number of ether oxygens (including phenoxy) is 1. The smallest absolute Gasteiger partial charge is 0.262 e. The topological polar surface area (TPSA) is 67.4 Å². The molecule has 0 heterocycles. The summed E-state index contributed by atoms with van der Waals surface area (Å²) in [5.74, 6) is 0.0864. The quantitative estimate of drug-likeness (QED) is 0.805. The summed E-state index contributed by atoms with van der Waals surface area (Å²) in [6, 6.07) is 14.6. The van der Waals surface area contributed by atoms with Crippen LogP contribution in [0.3, 0.4) is 0 Å². The molecule has 0 saturated carbocycles. The van der Waals surface area contributed by atoms with E-state index in [4.69, 9.17) is 4.74 Å². The lowest BCUT2D eigenvalue weighted by atomic mass is 9.87. The first-order chi connectivity index (χ1) is 12.7. The fourth-order valence-corrected chi connectivity index (χ4v) is 2.52. The standard InChI is InChI=1S/C22H28N2O3/c1-15(2)23-21(26)18-8-6-7-9-19(18)24-20(25)14-27-17-12-10-16(11-13-17)22(3,4)5/h6-13,15H,14H2,1-5H3,(H,23,26)(H,24,25). The normalized spacial score (nSPS) is 11.2. The van der Waals surface area contributed by atoms with Crippen molar-refractivity contribution >= 4 is 17.5 Å². The highest BCUT2D eigenvalue weighted by Crippen LogP contribution is 2.24. The molecule has 0 atom stereocenters. The van der Waals surface area contributed by atoms with E-state index in [-0.39, 0.29) is 29.9 Å². The third-order valence-electron chi connectivity index (χ3n) is 3.96. The molecule has 0 saturated heterocycles. The Morgan fingerprint density at radius 2 is 1.63 bits per heavy atom. The number of nitrogens with one attached hydrogen (secondary N) is 2. The monoisotopic (exact) mass is 368 g/mol. The van der Waals surface area contributed by atoms with E-state index in [1.54, 1.807) is 24.3 Å². The molecule has 0 fully saturated rings. The van der Waals surface area contributed by atoms with Crippen molar-refractivity contribution in [3.8, 4) is 5.75 Å². The number of benzene rings is 2. The van der Waals surface area contributed by atoms with Gasteiger partial charge in [-0.2, -0.15) is 0 Å². The molecular formula is C22H28N2O3. The van der Waals surface area contributed by atoms with Gasteiger partial charge in [0.2, 0.25) is 0 Å². The second-order valence-corrected chi connectivity index (χ2v) is 7.78. The van der Waals surface area contributed by atoms with Gasteiger partial charge in [-0.1, -0.05) is 45.0 Å². The second kappa shape index (κ2) is 8.71. The van der Waals surface area contributed by atoms with Crippen molar-refractivity contribution in [2.45, 2.75) is 46.1 Å². The average molecular weight is 368 g/mol. The molecule has 2 rings (SSSR count). The maximum atomic E-state index is 12.3. The van der Waals surface area contributed by atoms with Crippen LogP contribution in [-0.4, -0.2) is 24.5 Å². The second-order valence-electron chi connectivity index (χ2n) is 7.78. The van der Waals surface area contributed by atoms with Gasteiger partial charge in [-0.25, -0.2) is 0 Å². The van der Waals surface area contributed by atoms with Gasteiger partial charge in [0.15, 0.2) is 6.61 Å². The van der Waals surface area contributed by atoms with Crippen molar-refractivity contribution < 1.29 is 14.3 Å². The van der Waals surface area contributed by atoms with Crippen LogP contribution in [0.15, 0.2) is 48.5 Å². The lowest BCUT2D eigenvalue weighted by molar-refractivity contribution is -0.118. The van der Waals surface area contributed by atoms with E-state index >= 15 is 0 Å². The van der Waals surface area contributed by atoms with E-state index in [9.17, 15) is 9.59 Å². The van der Waals surface area contributed by atoms with Crippen LogP contribution in [0.25, 0.3) is 0 Å². The number of hydrogen-bond acceptors (Lipinski definition) is 3. The maximum absolute atomic E-state index is 12.3. The first-order valence-corrected chi connectivity index (χ1v) is 9.10. The molecule has 27 heavy (non-hydrogen) atoms. The number of carbonyl (C=O) groups is 2. The van der Waals surface area contributed by atoms with Crippen molar-refractivity contribution in [2.75, 3.05) is 11.9 Å². The Morgan fingerprint density at radius 3 is 2.22 bits per heavy atom. The van der Waals surface area contributed by atoms with Crippen LogP contribution in [0.4, 0.5) is 5.69 Å². The molecule has 0 radical (unpaired) electrons. The third kappa shape index (κ3) is 6.13. The average Bonchev–Trinajstić information content (AvgIpc) is 2.59. The summed E-state index contributed by atoms with van der Waals surface area (Å²) >= 11 is 0. The molecule has 0 spiro atoms. The highest BCUT2D eigenvalue weighted by atomic mass is 16.5. The predicted molar refractivity (Wildman–Crippen MR) is 108 cm³/mol. The van der Waals surface area contributed by atoms with E-state index in [1.165, 1.54) is 5.56 Å². The number of rotatable bonds is 6. The third-order valence-corrected chi connectivity index (χ3v) is 3.96. The Morgan fingerprint density at radius 1 is 1.00 bits per heavy atom. The zero-order chi connectivity index (χ0) is 20.0. The van der Waals surface area contributed by atoms with Crippen molar-refractivity contribution in [1.82, 2.24) is 5.32 Å². The van der Waals surface area contributed by atoms with Crippen molar-refractivity contribution in [1.29, 1.82) is 0 Å². The predicted octanol–water partition coefficient (Wildman–Crippen LogP) is 4.14. The molecule has 2 amide bonds. The van der Waals surface area contributed by atoms with E-state index < -0.39 is 0 Å². The molecule has 2 aromatic carbocycles. The van der Waals surface area contributed by atoms with Gasteiger partial charge in [-0.05, 0) is 49.1 Å². The molecule has 0 unspecified atom stereocenters. The van der Waals surface area contributed by atoms with Crippen LogP contribution < -0.4 is 15.4 Å². The summed E-state index contributed by atoms with van der Waals surface area (Å²) in [6.07, 6.45) is 0. The molecule has 5 nitrogen and oxygen atoms in total. The molecular weight excluding hydrogens is 340 g/mol. The molecule has 5 heteroatoms. The SMILES string of the molecule is CC(C)NC(=O)c1ccccc1NC(=O)COc1ccc(C(C)(C)C)cc1. The van der Waals surface area contributed by atoms with E-state index in [1.807, 2.05) is 38.1 Å². The Labute approximate surface area is 161 Å². The van der Waals surface area contributed by atoms with Crippen LogP contribution in [-0.2, 0) is 10.2 Å². The largest absolute Gasteiger partial charge is 0.484 e. The van der Waals surface area contributed by atoms with E-state index in [0.29, 0.717) is 17.0 Å². The summed E-state index contributed by atoms with van der Waals surface area (Å²) < 4.78 is 5.56. The van der Waals surface area contributed by atoms with Gasteiger partial charge in [0, 0.05) is 6.04 Å². The highest BCUT2D eigenvalue weighted by Gasteiger charge is 2.15. The summed E-state index contributed by atoms with van der Waals surface area (Å²) in [5, 5.41) is 5.57. The van der Waals surface area contributed by atoms with Crippen LogP contribution >= 0.6 is 0 Å². The molecule has 144 valence electrons. The van der Waals surface area contributed by atoms with Gasteiger partial charge in [-0.15, -0.1) is 0 Å². The molecule has 2 aromatic rings. The van der Waals surface area contributed by atoms with Gasteiger partial charge < -0.3 is 15.4 Å². The molecule has 0 aromatic heterocycles. The summed E-state index contributed by atoms with van der Waals surface area (Å²) in [7, 11) is 0. The van der Waals surface area contributed by atoms with Crippen molar-refractivity contribution in [3.63, 3.8) is 0 Å². The maximum Gasteiger partial charge on any atom is 0.262 e. The van der Waals surface area contributed by atoms with E-state index in [0.717, 1.165) is 0 Å². The zero-order valence-corrected chi connectivity index (χ0v) is 16.6. The number of carbonyl (C=O) groups excluding carboxylic acids is 2. The van der Waals surface area contributed by atoms with Crippen LogP contribution in [0.1, 0.15) is 50.5 Å². The zero-order valence-electron chi connectivity index (χ0n) is 16.6. The molecule has 2 N–H and O–H groups in total. The van der Waals surface area contributed by atoms with Crippen LogP contribution in [0, 0.1) is 0 Å². The number of hydrogen-bond donors (Lipinski definition) is 2. The molecule has 0 bridgehead atoms. The van der Waals surface area contributed by atoms with Gasteiger partial charge in [0.1, 0.15) is 5.75 Å². The summed E-state index contributed by atoms with van der Waals surface area (Å²) in [6.45, 7) is 10.1. The highest BCUT2D eigenvalue weighted by molar-refractivity contribution is 6.04. The number of para-hydroxylation sites is 1. The Kier molecular flexibility index (Phi) is 6.61. The minimum Gasteiger partial charge on any atom is -0.484 e. The first kappa shape index (κ1) is 20.5. The fourth-order valence-electron chi connectivity index (χ4n) is 2.52. The summed E-state index contributed by atoms with van der Waals surface area (Å²) in [4.78, 5) is 24.5. The van der Waals surface area contributed by atoms with Crippen molar-refractivity contribution in [2.24, 2.45) is 0 Å². The van der Waals surface area contributed by atoms with Gasteiger partial charge in [0.05, 0.1) is 11.3 Å². The molecule has 0 aliphatic carbocycles. The fraction of sp³-hybridized carbons (Fsp3) is 0.364. The lowest BCUT2D eigenvalue weighted by Gasteiger charge is -2.19. The Balaban J connectivity index is 1.97. The Hall–Kier alpha value is -2.82. The first-order valence-electron chi connectivity index (χ1n) is 9.10. The van der Waals surface area contributed by atoms with Gasteiger partial charge in [0.25, 0.3) is 11.8 Å². The lowest BCUT2D eigenvalue weighted by Crippen LogP contribution is -2.31. The van der Waals surface area contributed by atoms with Gasteiger partial charge >= 0.3 is 0 Å². The minimum absolute atomic E-state index is 0.0145. The molecule has 0 aliphatic heterocycles. The molecule has 0 aliphatic rings. The minimum atomic E-state index is -0.320. The number of anilines is 1.